The number of aliphatic hydroxyl groups is 1. The van der Waals surface area contributed by atoms with Gasteiger partial charge in [-0.05, 0) is 27.2 Å². The fraction of sp³-hybridized carbons (Fsp3) is 0.923. The van der Waals surface area contributed by atoms with Crippen molar-refractivity contribution in [3.05, 3.63) is 0 Å². The first-order chi connectivity index (χ1) is 7.05. The summed E-state index contributed by atoms with van der Waals surface area (Å²) in [6.07, 6.45) is 0.190. The SMILES string of the molecule is CC(C)(C)C(=O)[C@@H]1[C@H](O)CCN1C(C)(C)C. The third kappa shape index (κ3) is 2.64. The van der Waals surface area contributed by atoms with E-state index in [1.165, 1.54) is 0 Å². The van der Waals surface area contributed by atoms with E-state index in [2.05, 4.69) is 25.7 Å². The number of hydrogen-bond acceptors (Lipinski definition) is 3. The molecule has 0 unspecified atom stereocenters. The molecule has 1 fully saturated rings. The molecule has 1 saturated heterocycles. The van der Waals surface area contributed by atoms with E-state index >= 15 is 0 Å². The standard InChI is InChI=1S/C13H25NO2/c1-12(2,3)11(16)10-9(15)7-8-14(10)13(4,5)6/h9-10,15H,7-8H2,1-6H3/t9-,10+/m1/s1. The second kappa shape index (κ2) is 4.11. The molecule has 3 nitrogen and oxygen atoms in total. The molecular formula is C13H25NO2. The number of nitrogens with zero attached hydrogens (tertiary/aromatic N) is 1. The minimum atomic E-state index is -0.508. The van der Waals surface area contributed by atoms with Crippen LogP contribution in [-0.4, -0.2) is 40.0 Å². The summed E-state index contributed by atoms with van der Waals surface area (Å²) in [6, 6.07) is -0.333. The van der Waals surface area contributed by atoms with Gasteiger partial charge in [-0.1, -0.05) is 20.8 Å². The molecule has 0 aromatic rings. The quantitative estimate of drug-likeness (QED) is 0.743. The maximum Gasteiger partial charge on any atom is 0.157 e. The van der Waals surface area contributed by atoms with E-state index in [9.17, 15) is 9.90 Å². The van der Waals surface area contributed by atoms with Gasteiger partial charge in [0, 0.05) is 17.5 Å². The number of rotatable bonds is 1. The van der Waals surface area contributed by atoms with Crippen LogP contribution in [0.3, 0.4) is 0 Å². The van der Waals surface area contributed by atoms with Crippen molar-refractivity contribution in [2.45, 2.75) is 65.6 Å². The summed E-state index contributed by atoms with van der Waals surface area (Å²) in [5.74, 6) is 0.146. The Labute approximate surface area is 98.8 Å². The lowest BCUT2D eigenvalue weighted by Gasteiger charge is -2.39. The highest BCUT2D eigenvalue weighted by molar-refractivity contribution is 5.89. The predicted octanol–water partition coefficient (Wildman–Crippen LogP) is 1.84. The van der Waals surface area contributed by atoms with Crippen molar-refractivity contribution in [3.8, 4) is 0 Å². The highest BCUT2D eigenvalue weighted by Crippen LogP contribution is 2.31. The molecule has 94 valence electrons. The molecule has 16 heavy (non-hydrogen) atoms. The van der Waals surface area contributed by atoms with Gasteiger partial charge in [0.2, 0.25) is 0 Å². The minimum absolute atomic E-state index is 0.0664. The van der Waals surface area contributed by atoms with E-state index in [-0.39, 0.29) is 22.8 Å². The van der Waals surface area contributed by atoms with E-state index in [0.717, 1.165) is 6.54 Å². The molecule has 0 bridgehead atoms. The number of carbonyl (C=O) groups is 1. The maximum absolute atomic E-state index is 12.3. The van der Waals surface area contributed by atoms with Gasteiger partial charge in [-0.15, -0.1) is 0 Å². The summed E-state index contributed by atoms with van der Waals surface area (Å²) in [7, 11) is 0. The van der Waals surface area contributed by atoms with Crippen LogP contribution in [0.5, 0.6) is 0 Å². The van der Waals surface area contributed by atoms with Gasteiger partial charge in [-0.25, -0.2) is 0 Å². The molecule has 1 heterocycles. The van der Waals surface area contributed by atoms with Crippen LogP contribution in [0.2, 0.25) is 0 Å². The van der Waals surface area contributed by atoms with Gasteiger partial charge < -0.3 is 5.11 Å². The van der Waals surface area contributed by atoms with Gasteiger partial charge >= 0.3 is 0 Å². The highest BCUT2D eigenvalue weighted by Gasteiger charge is 2.45. The molecule has 0 amide bonds. The van der Waals surface area contributed by atoms with Gasteiger partial charge in [-0.2, -0.15) is 0 Å². The lowest BCUT2D eigenvalue weighted by Crippen LogP contribution is -2.53. The van der Waals surface area contributed by atoms with Gasteiger partial charge in [-0.3, -0.25) is 9.69 Å². The zero-order valence-corrected chi connectivity index (χ0v) is 11.4. The molecule has 0 aromatic carbocycles. The first-order valence-corrected chi connectivity index (χ1v) is 6.04. The fourth-order valence-corrected chi connectivity index (χ4v) is 2.29. The zero-order chi connectivity index (χ0) is 12.7. The molecule has 2 atom stereocenters. The molecule has 1 rings (SSSR count). The predicted molar refractivity (Wildman–Crippen MR) is 65.3 cm³/mol. The molecule has 0 radical (unpaired) electrons. The van der Waals surface area contributed by atoms with Crippen molar-refractivity contribution >= 4 is 5.78 Å². The molecule has 1 aliphatic rings. The molecule has 1 aliphatic heterocycles. The summed E-state index contributed by atoms with van der Waals surface area (Å²) >= 11 is 0. The van der Waals surface area contributed by atoms with E-state index < -0.39 is 6.10 Å². The van der Waals surface area contributed by atoms with Crippen molar-refractivity contribution in [3.63, 3.8) is 0 Å². The second-order valence-electron chi connectivity index (χ2n) is 6.78. The first kappa shape index (κ1) is 13.7. The molecule has 1 N–H and O–H groups in total. The normalized spacial score (nSPS) is 28.4. The largest absolute Gasteiger partial charge is 0.391 e. The topological polar surface area (TPSA) is 40.5 Å². The van der Waals surface area contributed by atoms with Crippen LogP contribution in [0.25, 0.3) is 0 Å². The Hall–Kier alpha value is -0.410. The highest BCUT2D eigenvalue weighted by atomic mass is 16.3. The fourth-order valence-electron chi connectivity index (χ4n) is 2.29. The molecule has 0 aliphatic carbocycles. The monoisotopic (exact) mass is 227 g/mol. The van der Waals surface area contributed by atoms with Crippen molar-refractivity contribution in [1.29, 1.82) is 0 Å². The van der Waals surface area contributed by atoms with Gasteiger partial charge in [0.25, 0.3) is 0 Å². The summed E-state index contributed by atoms with van der Waals surface area (Å²) in [5.41, 5.74) is -0.456. The van der Waals surface area contributed by atoms with Crippen LogP contribution in [0.4, 0.5) is 0 Å². The molecule has 0 spiro atoms. The summed E-state index contributed by atoms with van der Waals surface area (Å²) in [5, 5.41) is 9.99. The number of aliphatic hydroxyl groups excluding tert-OH is 1. The zero-order valence-electron chi connectivity index (χ0n) is 11.4. The van der Waals surface area contributed by atoms with Gasteiger partial charge in [0.05, 0.1) is 12.1 Å². The number of ketones is 1. The summed E-state index contributed by atoms with van der Waals surface area (Å²) in [4.78, 5) is 14.5. The average Bonchev–Trinajstić information content (AvgIpc) is 2.43. The second-order valence-corrected chi connectivity index (χ2v) is 6.78. The first-order valence-electron chi connectivity index (χ1n) is 6.04. The molecular weight excluding hydrogens is 202 g/mol. The van der Waals surface area contributed by atoms with Crippen molar-refractivity contribution < 1.29 is 9.90 Å². The smallest absolute Gasteiger partial charge is 0.157 e. The minimum Gasteiger partial charge on any atom is -0.391 e. The maximum atomic E-state index is 12.3. The Kier molecular flexibility index (Phi) is 3.51. The van der Waals surface area contributed by atoms with Crippen LogP contribution in [0.1, 0.15) is 48.0 Å². The van der Waals surface area contributed by atoms with Gasteiger partial charge in [0.15, 0.2) is 5.78 Å². The number of likely N-dealkylation sites (tertiary alicyclic amines) is 1. The Balaban J connectivity index is 2.95. The molecule has 0 saturated carbocycles. The third-order valence-corrected chi connectivity index (χ3v) is 3.24. The van der Waals surface area contributed by atoms with Gasteiger partial charge in [0.1, 0.15) is 0 Å². The lowest BCUT2D eigenvalue weighted by molar-refractivity contribution is -0.135. The number of carbonyl (C=O) groups excluding carboxylic acids is 1. The third-order valence-electron chi connectivity index (χ3n) is 3.24. The molecule has 0 aromatic heterocycles. The summed E-state index contributed by atoms with van der Waals surface area (Å²) in [6.45, 7) is 12.8. The Morgan fingerprint density at radius 2 is 1.69 bits per heavy atom. The van der Waals surface area contributed by atoms with Crippen LogP contribution < -0.4 is 0 Å². The summed E-state index contributed by atoms with van der Waals surface area (Å²) < 4.78 is 0. The van der Waals surface area contributed by atoms with E-state index in [4.69, 9.17) is 0 Å². The van der Waals surface area contributed by atoms with Crippen LogP contribution >= 0.6 is 0 Å². The number of Topliss-reactive ketones (excluding diaryl/α,β-unsaturated/α-hetero) is 1. The Morgan fingerprint density at radius 1 is 1.19 bits per heavy atom. The number of hydrogen-bond donors (Lipinski definition) is 1. The average molecular weight is 227 g/mol. The lowest BCUT2D eigenvalue weighted by atomic mass is 9.84. The van der Waals surface area contributed by atoms with Crippen LogP contribution in [0.15, 0.2) is 0 Å². The molecule has 3 heteroatoms. The van der Waals surface area contributed by atoms with E-state index in [1.807, 2.05) is 20.8 Å². The van der Waals surface area contributed by atoms with E-state index in [1.54, 1.807) is 0 Å². The van der Waals surface area contributed by atoms with Crippen molar-refractivity contribution in [2.24, 2.45) is 5.41 Å². The van der Waals surface area contributed by atoms with Crippen molar-refractivity contribution in [2.75, 3.05) is 6.54 Å². The van der Waals surface area contributed by atoms with Crippen LogP contribution in [-0.2, 0) is 4.79 Å². The Morgan fingerprint density at radius 3 is 2.06 bits per heavy atom. The Bertz CT molecular complexity index is 273. The van der Waals surface area contributed by atoms with E-state index in [0.29, 0.717) is 6.42 Å². The van der Waals surface area contributed by atoms with Crippen molar-refractivity contribution in [1.82, 2.24) is 4.90 Å². The van der Waals surface area contributed by atoms with Crippen LogP contribution in [0, 0.1) is 5.41 Å².